The van der Waals surface area contributed by atoms with Crippen LogP contribution in [0, 0.1) is 5.92 Å². The Morgan fingerprint density at radius 2 is 2.00 bits per heavy atom. The zero-order valence-corrected chi connectivity index (χ0v) is 10.8. The van der Waals surface area contributed by atoms with Crippen molar-refractivity contribution < 1.29 is 19.2 Å². The summed E-state index contributed by atoms with van der Waals surface area (Å²) in [5, 5.41) is 0.317. The maximum absolute atomic E-state index is 11.1. The first-order valence-corrected chi connectivity index (χ1v) is 5.81. The van der Waals surface area contributed by atoms with Gasteiger partial charge in [-0.25, -0.2) is 4.79 Å². The van der Waals surface area contributed by atoms with E-state index in [1.807, 2.05) is 6.92 Å². The molecule has 0 aliphatic heterocycles. The van der Waals surface area contributed by atoms with Crippen molar-refractivity contribution in [3.63, 3.8) is 0 Å². The predicted octanol–water partition coefficient (Wildman–Crippen LogP) is 2.86. The molecule has 94 valence electrons. The third-order valence-electron chi connectivity index (χ3n) is 1.92. The van der Waals surface area contributed by atoms with Crippen LogP contribution in [0.2, 0.25) is 0 Å². The highest BCUT2D eigenvalue weighted by Crippen LogP contribution is 2.10. The van der Waals surface area contributed by atoms with E-state index in [0.717, 1.165) is 17.9 Å². The van der Waals surface area contributed by atoms with Crippen molar-refractivity contribution >= 4 is 24.0 Å². The number of thiol groups is 1. The van der Waals surface area contributed by atoms with Gasteiger partial charge in [-0.05, 0) is 19.3 Å². The molecule has 0 aliphatic rings. The summed E-state index contributed by atoms with van der Waals surface area (Å²) in [4.78, 5) is 26.8. The van der Waals surface area contributed by atoms with Crippen molar-refractivity contribution in [3.8, 4) is 0 Å². The summed E-state index contributed by atoms with van der Waals surface area (Å²) in [5.74, 6) is 0.246. The lowest BCUT2D eigenvalue weighted by atomic mass is 10.1. The number of hydrogen-bond acceptors (Lipinski definition) is 4. The highest BCUT2D eigenvalue weighted by molar-refractivity contribution is 7.96. The zero-order chi connectivity index (χ0) is 12.6. The average Bonchev–Trinajstić information content (AvgIpc) is 2.17. The summed E-state index contributed by atoms with van der Waals surface area (Å²) in [7, 11) is 0. The molecular formula is C10H19NO4S. The van der Waals surface area contributed by atoms with Gasteiger partial charge < -0.3 is 9.57 Å². The summed E-state index contributed by atoms with van der Waals surface area (Å²) >= 11 is 3.63. The Labute approximate surface area is 101 Å². The third-order valence-corrected chi connectivity index (χ3v) is 2.14. The van der Waals surface area contributed by atoms with Gasteiger partial charge in [0.25, 0.3) is 0 Å². The Kier molecular flexibility index (Phi) is 7.80. The number of hydroxylamine groups is 2. The lowest BCUT2D eigenvalue weighted by Gasteiger charge is -2.21. The van der Waals surface area contributed by atoms with Crippen LogP contribution < -0.4 is 0 Å². The molecule has 5 nitrogen and oxygen atoms in total. The molecule has 0 fully saturated rings. The van der Waals surface area contributed by atoms with Crippen LogP contribution in [0.4, 0.5) is 9.59 Å². The summed E-state index contributed by atoms with van der Waals surface area (Å²) in [6, 6.07) is 0. The Bertz CT molecular complexity index is 235. The second-order valence-corrected chi connectivity index (χ2v) is 3.89. The topological polar surface area (TPSA) is 55.8 Å². The predicted molar refractivity (Wildman–Crippen MR) is 63.3 cm³/mol. The molecule has 1 amide bonds. The van der Waals surface area contributed by atoms with E-state index in [1.165, 1.54) is 0 Å². The van der Waals surface area contributed by atoms with Crippen LogP contribution in [0.5, 0.6) is 0 Å². The van der Waals surface area contributed by atoms with Gasteiger partial charge in [0, 0.05) is 0 Å². The van der Waals surface area contributed by atoms with Crippen molar-refractivity contribution in [3.05, 3.63) is 0 Å². The summed E-state index contributed by atoms with van der Waals surface area (Å²) in [6.07, 6.45) is 1.08. The van der Waals surface area contributed by atoms with Crippen LogP contribution in [0.15, 0.2) is 0 Å². The fourth-order valence-corrected chi connectivity index (χ4v) is 1.38. The van der Waals surface area contributed by atoms with Gasteiger partial charge >= 0.3 is 11.4 Å². The van der Waals surface area contributed by atoms with Crippen LogP contribution in [-0.2, 0) is 9.57 Å². The number of ether oxygens (including phenoxy) is 1. The molecule has 1 unspecified atom stereocenters. The molecule has 0 saturated carbocycles. The number of nitrogens with zero attached hydrogens (tertiary/aromatic N) is 1. The van der Waals surface area contributed by atoms with Crippen LogP contribution >= 0.6 is 12.6 Å². The molecule has 0 rings (SSSR count). The second-order valence-electron chi connectivity index (χ2n) is 3.51. The Hall–Kier alpha value is -0.910. The smallest absolute Gasteiger partial charge is 0.433 e. The minimum absolute atomic E-state index is 0.206. The van der Waals surface area contributed by atoms with Crippen LogP contribution in [-0.4, -0.2) is 29.6 Å². The molecule has 0 heterocycles. The number of amides is 1. The van der Waals surface area contributed by atoms with Crippen molar-refractivity contribution in [2.24, 2.45) is 5.92 Å². The Morgan fingerprint density at radius 1 is 1.38 bits per heavy atom. The third kappa shape index (κ3) is 6.55. The fourth-order valence-electron chi connectivity index (χ4n) is 1.26. The summed E-state index contributed by atoms with van der Waals surface area (Å²) in [5.41, 5.74) is 0. The van der Waals surface area contributed by atoms with Crippen LogP contribution in [0.1, 0.15) is 33.6 Å². The van der Waals surface area contributed by atoms with Gasteiger partial charge in [0.2, 0.25) is 0 Å². The summed E-state index contributed by atoms with van der Waals surface area (Å²) < 4.78 is 4.58. The minimum atomic E-state index is -0.881. The van der Waals surface area contributed by atoms with E-state index in [0.29, 0.717) is 6.54 Å². The first-order chi connectivity index (χ1) is 7.51. The van der Waals surface area contributed by atoms with Gasteiger partial charge in [-0.1, -0.05) is 32.9 Å². The van der Waals surface area contributed by atoms with Crippen molar-refractivity contribution in [1.29, 1.82) is 0 Å². The standard InChI is InChI=1S/C10H19NO4S/c1-4-6-8(3)7-11(9(12)16)15-10(13)14-5-2/h8H,4-7H2,1-3H3,(H,12,16). The average molecular weight is 249 g/mol. The van der Waals surface area contributed by atoms with Gasteiger partial charge in [0.05, 0.1) is 13.2 Å². The molecule has 0 spiro atoms. The molecule has 0 bridgehead atoms. The maximum Gasteiger partial charge on any atom is 0.533 e. The lowest BCUT2D eigenvalue weighted by molar-refractivity contribution is -0.0899. The number of rotatable bonds is 5. The molecule has 0 aliphatic carbocycles. The van der Waals surface area contributed by atoms with Gasteiger partial charge in [-0.2, -0.15) is 5.06 Å². The van der Waals surface area contributed by atoms with E-state index in [9.17, 15) is 9.59 Å². The van der Waals surface area contributed by atoms with E-state index < -0.39 is 11.4 Å². The first kappa shape index (κ1) is 15.1. The molecule has 6 heteroatoms. The van der Waals surface area contributed by atoms with E-state index in [1.54, 1.807) is 6.92 Å². The maximum atomic E-state index is 11.1. The zero-order valence-electron chi connectivity index (χ0n) is 9.93. The quantitative estimate of drug-likeness (QED) is 0.462. The van der Waals surface area contributed by atoms with Crippen molar-refractivity contribution in [2.75, 3.05) is 13.2 Å². The minimum Gasteiger partial charge on any atom is -0.433 e. The molecule has 0 N–H and O–H groups in total. The monoisotopic (exact) mass is 249 g/mol. The van der Waals surface area contributed by atoms with Crippen LogP contribution in [0.25, 0.3) is 0 Å². The number of carbonyl (C=O) groups is 2. The number of hydrogen-bond donors (Lipinski definition) is 1. The second kappa shape index (κ2) is 8.27. The van der Waals surface area contributed by atoms with E-state index in [4.69, 9.17) is 4.84 Å². The van der Waals surface area contributed by atoms with Gasteiger partial charge in [0.15, 0.2) is 0 Å². The molecule has 0 radical (unpaired) electrons. The van der Waals surface area contributed by atoms with E-state index in [-0.39, 0.29) is 12.5 Å². The molecule has 0 aromatic rings. The molecule has 1 atom stereocenters. The van der Waals surface area contributed by atoms with Crippen molar-refractivity contribution in [1.82, 2.24) is 5.06 Å². The van der Waals surface area contributed by atoms with Gasteiger partial charge in [-0.15, -0.1) is 0 Å². The number of carbonyl (C=O) groups excluding carboxylic acids is 2. The molecule has 0 aromatic heterocycles. The highest BCUT2D eigenvalue weighted by atomic mass is 32.1. The molecular weight excluding hydrogens is 230 g/mol. The van der Waals surface area contributed by atoms with Crippen molar-refractivity contribution in [2.45, 2.75) is 33.6 Å². The van der Waals surface area contributed by atoms with E-state index in [2.05, 4.69) is 24.3 Å². The first-order valence-electron chi connectivity index (χ1n) is 5.36. The fraction of sp³-hybridized carbons (Fsp3) is 0.800. The highest BCUT2D eigenvalue weighted by Gasteiger charge is 2.19. The lowest BCUT2D eigenvalue weighted by Crippen LogP contribution is -2.33. The van der Waals surface area contributed by atoms with Gasteiger partial charge in [-0.3, -0.25) is 4.79 Å². The Balaban J connectivity index is 4.17. The van der Waals surface area contributed by atoms with E-state index >= 15 is 0 Å². The molecule has 16 heavy (non-hydrogen) atoms. The summed E-state index contributed by atoms with van der Waals surface area (Å²) in [6.45, 7) is 6.22. The van der Waals surface area contributed by atoms with Crippen LogP contribution in [0.3, 0.4) is 0 Å². The largest absolute Gasteiger partial charge is 0.533 e. The Morgan fingerprint density at radius 3 is 2.44 bits per heavy atom. The van der Waals surface area contributed by atoms with Gasteiger partial charge in [0.1, 0.15) is 0 Å². The molecule has 0 saturated heterocycles. The molecule has 0 aromatic carbocycles. The normalized spacial score (nSPS) is 11.8. The SMILES string of the molecule is CCCC(C)CN(OC(=O)OCC)C(=O)S.